The van der Waals surface area contributed by atoms with Gasteiger partial charge in [0, 0.05) is 13.0 Å². The first-order valence-electron chi connectivity index (χ1n) is 13.3. The van der Waals surface area contributed by atoms with E-state index in [2.05, 4.69) is 10.6 Å². The van der Waals surface area contributed by atoms with Gasteiger partial charge in [0.05, 0.1) is 48.3 Å². The van der Waals surface area contributed by atoms with Crippen LogP contribution in [0.1, 0.15) is 55.4 Å². The highest BCUT2D eigenvalue weighted by atomic mass is 19.4. The van der Waals surface area contributed by atoms with Gasteiger partial charge in [-0.05, 0) is 60.7 Å². The van der Waals surface area contributed by atoms with E-state index in [1.807, 2.05) is 50.3 Å². The van der Waals surface area contributed by atoms with Crippen molar-refractivity contribution in [1.29, 1.82) is 0 Å². The molecular formula is C30H32F6N2O3. The minimum absolute atomic E-state index is 0.0956. The van der Waals surface area contributed by atoms with Gasteiger partial charge in [0.2, 0.25) is 5.91 Å². The summed E-state index contributed by atoms with van der Waals surface area (Å²) in [4.78, 5) is 13.0. The molecule has 0 aliphatic carbocycles. The van der Waals surface area contributed by atoms with Crippen LogP contribution in [0.25, 0.3) is 0 Å². The molecule has 0 spiro atoms. The molecule has 0 radical (unpaired) electrons. The largest absolute Gasteiger partial charge is 0.501 e. The Morgan fingerprint density at radius 1 is 1.10 bits per heavy atom. The lowest BCUT2D eigenvalue weighted by Crippen LogP contribution is -2.70. The minimum Gasteiger partial charge on any atom is -0.501 e. The summed E-state index contributed by atoms with van der Waals surface area (Å²) in [6.45, 7) is 4.22. The normalized spacial score (nSPS) is 22.0. The van der Waals surface area contributed by atoms with Crippen molar-refractivity contribution in [3.05, 3.63) is 94.3 Å². The quantitative estimate of drug-likeness (QED) is 0.326. The van der Waals surface area contributed by atoms with Gasteiger partial charge in [-0.15, -0.1) is 0 Å². The Morgan fingerprint density at radius 3 is 2.32 bits per heavy atom. The van der Waals surface area contributed by atoms with Crippen LogP contribution in [0.4, 0.5) is 26.3 Å². The number of halogens is 6. The van der Waals surface area contributed by atoms with Gasteiger partial charge in [-0.2, -0.15) is 26.3 Å². The summed E-state index contributed by atoms with van der Waals surface area (Å²) < 4.78 is 91.4. The molecular weight excluding hydrogens is 550 g/mol. The Bertz CT molecular complexity index is 1250. The molecule has 2 aromatic carbocycles. The molecule has 41 heavy (non-hydrogen) atoms. The number of rotatable bonds is 9. The van der Waals surface area contributed by atoms with Gasteiger partial charge in [-0.25, -0.2) is 0 Å². The fraction of sp³-hybridized carbons (Fsp3) is 0.433. The summed E-state index contributed by atoms with van der Waals surface area (Å²) in [5.41, 5.74) is -1.02. The van der Waals surface area contributed by atoms with Gasteiger partial charge in [-0.3, -0.25) is 10.1 Å². The molecule has 3 unspecified atom stereocenters. The maximum Gasteiger partial charge on any atom is 0.416 e. The number of carbonyl (C=O) groups is 1. The lowest BCUT2D eigenvalue weighted by atomic mass is 9.71. The summed E-state index contributed by atoms with van der Waals surface area (Å²) in [6, 6.07) is 10.0. The van der Waals surface area contributed by atoms with E-state index in [1.165, 1.54) is 0 Å². The van der Waals surface area contributed by atoms with Gasteiger partial charge in [-0.1, -0.05) is 42.8 Å². The fourth-order valence-electron chi connectivity index (χ4n) is 5.25. The molecule has 0 saturated carbocycles. The van der Waals surface area contributed by atoms with Gasteiger partial charge in [0.15, 0.2) is 0 Å². The van der Waals surface area contributed by atoms with Crippen LogP contribution in [0.3, 0.4) is 0 Å². The zero-order valence-electron chi connectivity index (χ0n) is 22.7. The fourth-order valence-corrected chi connectivity index (χ4v) is 5.25. The molecule has 1 saturated heterocycles. The van der Waals surface area contributed by atoms with Crippen LogP contribution in [-0.4, -0.2) is 31.2 Å². The highest BCUT2D eigenvalue weighted by Crippen LogP contribution is 2.42. The first kappa shape index (κ1) is 30.6. The van der Waals surface area contributed by atoms with Crippen molar-refractivity contribution in [1.82, 2.24) is 10.6 Å². The van der Waals surface area contributed by atoms with Gasteiger partial charge >= 0.3 is 12.4 Å². The van der Waals surface area contributed by atoms with E-state index in [-0.39, 0.29) is 17.5 Å². The molecule has 0 aromatic heterocycles. The molecule has 2 aromatic rings. The predicted molar refractivity (Wildman–Crippen MR) is 140 cm³/mol. The second-order valence-electron chi connectivity index (χ2n) is 10.3. The Balaban J connectivity index is 1.51. The monoisotopic (exact) mass is 582 g/mol. The van der Waals surface area contributed by atoms with E-state index in [4.69, 9.17) is 9.47 Å². The lowest BCUT2D eigenvalue weighted by molar-refractivity contribution is -0.143. The van der Waals surface area contributed by atoms with Crippen molar-refractivity contribution in [3.8, 4) is 0 Å². The number of ether oxygens (including phenoxy) is 2. The molecule has 4 rings (SSSR count). The summed E-state index contributed by atoms with van der Waals surface area (Å²) in [5, 5.41) is 6.26. The van der Waals surface area contributed by atoms with Gasteiger partial charge < -0.3 is 14.8 Å². The molecule has 2 N–H and O–H groups in total. The van der Waals surface area contributed by atoms with Crippen LogP contribution in [0.5, 0.6) is 0 Å². The van der Waals surface area contributed by atoms with Crippen LogP contribution < -0.4 is 10.6 Å². The molecule has 5 nitrogen and oxygen atoms in total. The van der Waals surface area contributed by atoms with Crippen LogP contribution in [0, 0.1) is 0 Å². The number of hydrogen-bond donors (Lipinski definition) is 2. The van der Waals surface area contributed by atoms with Gasteiger partial charge in [0.1, 0.15) is 0 Å². The Labute approximate surface area is 234 Å². The Kier molecular flexibility index (Phi) is 9.18. The molecule has 222 valence electrons. The van der Waals surface area contributed by atoms with E-state index in [1.54, 1.807) is 6.26 Å². The third-order valence-electron chi connectivity index (χ3n) is 7.54. The highest BCUT2D eigenvalue weighted by molar-refractivity contribution is 5.83. The molecule has 11 heteroatoms. The topological polar surface area (TPSA) is 59.6 Å². The van der Waals surface area contributed by atoms with Crippen molar-refractivity contribution in [2.45, 2.75) is 69.8 Å². The molecule has 2 aliphatic rings. The minimum atomic E-state index is -4.95. The summed E-state index contributed by atoms with van der Waals surface area (Å²) in [7, 11) is 0. The summed E-state index contributed by atoms with van der Waals surface area (Å²) in [5.74, 6) is -0.224. The van der Waals surface area contributed by atoms with Crippen molar-refractivity contribution >= 4 is 5.91 Å². The van der Waals surface area contributed by atoms with Crippen LogP contribution in [0.15, 0.2) is 72.0 Å². The van der Waals surface area contributed by atoms with E-state index < -0.39 is 47.8 Å². The van der Waals surface area contributed by atoms with E-state index >= 15 is 0 Å². The summed E-state index contributed by atoms with van der Waals surface area (Å²) in [6.07, 6.45) is -5.65. The van der Waals surface area contributed by atoms with Crippen molar-refractivity contribution in [3.63, 3.8) is 0 Å². The zero-order valence-corrected chi connectivity index (χ0v) is 22.7. The SMILES string of the molecule is CCC(OCc1cc(C(F)(F)F)cc(C(F)(F)F)c1)C1(c2ccccc2)CC(C(=O)NCC2=C(C)CCOC=C2)N1. The lowest BCUT2D eigenvalue weighted by Gasteiger charge is -2.52. The second kappa shape index (κ2) is 12.3. The molecule has 1 fully saturated rings. The number of benzene rings is 2. The third-order valence-corrected chi connectivity index (χ3v) is 7.54. The van der Waals surface area contributed by atoms with Gasteiger partial charge in [0.25, 0.3) is 0 Å². The molecule has 3 atom stereocenters. The Morgan fingerprint density at radius 2 is 1.73 bits per heavy atom. The maximum absolute atomic E-state index is 13.3. The first-order valence-corrected chi connectivity index (χ1v) is 13.3. The standard InChI is InChI=1S/C30H32F6N2O3/c1-3-26(41-18-20-13-23(29(31,32)33)15-24(14-20)30(34,35)36)28(22-7-5-4-6-8-22)16-25(38-28)27(39)37-17-21-10-12-40-11-9-19(21)2/h4-8,10,12-15,25-26,38H,3,9,11,16-18H2,1-2H3,(H,37,39). The van der Waals surface area contributed by atoms with E-state index in [0.29, 0.717) is 38.1 Å². The maximum atomic E-state index is 13.3. The van der Waals surface area contributed by atoms with E-state index in [0.717, 1.165) is 23.1 Å². The predicted octanol–water partition coefficient (Wildman–Crippen LogP) is 6.64. The van der Waals surface area contributed by atoms with Crippen molar-refractivity contribution < 1.29 is 40.6 Å². The van der Waals surface area contributed by atoms with Crippen LogP contribution in [-0.2, 0) is 38.8 Å². The highest BCUT2D eigenvalue weighted by Gasteiger charge is 2.53. The number of amides is 1. The average molecular weight is 583 g/mol. The van der Waals surface area contributed by atoms with Crippen LogP contribution >= 0.6 is 0 Å². The second-order valence-corrected chi connectivity index (χ2v) is 10.3. The smallest absolute Gasteiger partial charge is 0.416 e. The van der Waals surface area contributed by atoms with Crippen molar-refractivity contribution in [2.24, 2.45) is 0 Å². The zero-order chi connectivity index (χ0) is 29.8. The molecule has 0 bridgehead atoms. The van der Waals surface area contributed by atoms with Crippen LogP contribution in [0.2, 0.25) is 0 Å². The average Bonchev–Trinajstić information content (AvgIpc) is 3.11. The number of carbonyl (C=O) groups excluding carboxylic acids is 1. The number of alkyl halides is 6. The van der Waals surface area contributed by atoms with Crippen molar-refractivity contribution in [2.75, 3.05) is 13.2 Å². The third kappa shape index (κ3) is 7.13. The molecule has 1 amide bonds. The number of hydrogen-bond acceptors (Lipinski definition) is 4. The molecule has 2 heterocycles. The number of nitrogens with one attached hydrogen (secondary N) is 2. The van der Waals surface area contributed by atoms with E-state index in [9.17, 15) is 31.1 Å². The molecule has 2 aliphatic heterocycles. The Hall–Kier alpha value is -3.31. The summed E-state index contributed by atoms with van der Waals surface area (Å²) >= 11 is 0. The first-order chi connectivity index (χ1) is 19.3.